The molecular weight excluding hydrogens is 350 g/mol. The van der Waals surface area contributed by atoms with Crippen LogP contribution in [0.15, 0.2) is 40.8 Å². The highest BCUT2D eigenvalue weighted by Crippen LogP contribution is 2.25. The van der Waals surface area contributed by atoms with Gasteiger partial charge in [-0.15, -0.1) is 0 Å². The summed E-state index contributed by atoms with van der Waals surface area (Å²) < 4.78 is 10.9. The molecule has 1 aromatic carbocycles. The van der Waals surface area contributed by atoms with Crippen molar-refractivity contribution in [1.29, 1.82) is 0 Å². The van der Waals surface area contributed by atoms with Crippen LogP contribution in [0.3, 0.4) is 0 Å². The van der Waals surface area contributed by atoms with Crippen LogP contribution in [0.4, 0.5) is 0 Å². The van der Waals surface area contributed by atoms with Crippen LogP contribution in [-0.2, 0) is 16.0 Å². The Kier molecular flexibility index (Phi) is 7.01. The van der Waals surface area contributed by atoms with Gasteiger partial charge in [0.1, 0.15) is 29.4 Å². The molecule has 0 aliphatic rings. The molecule has 0 amide bonds. The quantitative estimate of drug-likeness (QED) is 0.585. The molecule has 2 rings (SSSR count). The Balaban J connectivity index is 2.11. The number of methoxy groups -OCH3 is 1. The lowest BCUT2D eigenvalue weighted by molar-refractivity contribution is -0.143. The van der Waals surface area contributed by atoms with Crippen molar-refractivity contribution in [3.63, 3.8) is 0 Å². The molecule has 2 aromatic rings. The van der Waals surface area contributed by atoms with Crippen LogP contribution < -0.4 is 10.1 Å². The second kappa shape index (κ2) is 9.23. The molecular formula is C20H25NO6. The van der Waals surface area contributed by atoms with Gasteiger partial charge >= 0.3 is 11.9 Å². The SMILES string of the molecule is COc1ccc(-c2ccc(CC(N[C@@H](CC(C)C)C(=O)O)C(=O)O)o2)cc1. The van der Waals surface area contributed by atoms with Crippen LogP contribution in [-0.4, -0.2) is 41.3 Å². The maximum absolute atomic E-state index is 11.6. The van der Waals surface area contributed by atoms with Crippen LogP contribution in [0, 0.1) is 5.92 Å². The van der Waals surface area contributed by atoms with E-state index in [1.165, 1.54) is 0 Å². The maximum atomic E-state index is 11.6. The normalized spacial score (nSPS) is 13.3. The van der Waals surface area contributed by atoms with Gasteiger partial charge in [0.05, 0.1) is 7.11 Å². The van der Waals surface area contributed by atoms with Gasteiger partial charge in [-0.1, -0.05) is 13.8 Å². The van der Waals surface area contributed by atoms with Gasteiger partial charge in [0.15, 0.2) is 0 Å². The molecule has 0 fully saturated rings. The van der Waals surface area contributed by atoms with Crippen molar-refractivity contribution in [2.75, 3.05) is 7.11 Å². The largest absolute Gasteiger partial charge is 0.497 e. The van der Waals surface area contributed by atoms with E-state index in [2.05, 4.69) is 5.32 Å². The summed E-state index contributed by atoms with van der Waals surface area (Å²) in [5.41, 5.74) is 0.838. The predicted molar refractivity (Wildman–Crippen MR) is 99.8 cm³/mol. The van der Waals surface area contributed by atoms with Crippen LogP contribution in [0.25, 0.3) is 11.3 Å². The highest BCUT2D eigenvalue weighted by molar-refractivity contribution is 5.77. The van der Waals surface area contributed by atoms with E-state index in [4.69, 9.17) is 9.15 Å². The summed E-state index contributed by atoms with van der Waals surface area (Å²) in [4.78, 5) is 23.0. The van der Waals surface area contributed by atoms with E-state index in [-0.39, 0.29) is 12.3 Å². The summed E-state index contributed by atoms with van der Waals surface area (Å²) in [5, 5.41) is 21.5. The zero-order valence-electron chi connectivity index (χ0n) is 15.6. The molecule has 27 heavy (non-hydrogen) atoms. The van der Waals surface area contributed by atoms with Gasteiger partial charge in [0.2, 0.25) is 0 Å². The molecule has 0 aliphatic heterocycles. The number of hydrogen-bond donors (Lipinski definition) is 3. The average molecular weight is 375 g/mol. The molecule has 0 bridgehead atoms. The molecule has 1 aromatic heterocycles. The van der Waals surface area contributed by atoms with Gasteiger partial charge in [-0.05, 0) is 48.7 Å². The number of ether oxygens (including phenoxy) is 1. The Morgan fingerprint density at radius 2 is 1.67 bits per heavy atom. The lowest BCUT2D eigenvalue weighted by atomic mass is 10.0. The number of benzene rings is 1. The third kappa shape index (κ3) is 5.86. The topological polar surface area (TPSA) is 109 Å². The minimum absolute atomic E-state index is 0.0490. The molecule has 7 nitrogen and oxygen atoms in total. The van der Waals surface area contributed by atoms with Crippen molar-refractivity contribution in [3.05, 3.63) is 42.2 Å². The minimum atomic E-state index is -1.12. The fourth-order valence-electron chi connectivity index (χ4n) is 2.77. The van der Waals surface area contributed by atoms with Crippen LogP contribution >= 0.6 is 0 Å². The lowest BCUT2D eigenvalue weighted by Gasteiger charge is -2.21. The van der Waals surface area contributed by atoms with Gasteiger partial charge in [-0.25, -0.2) is 0 Å². The monoisotopic (exact) mass is 375 g/mol. The zero-order valence-corrected chi connectivity index (χ0v) is 15.6. The summed E-state index contributed by atoms with van der Waals surface area (Å²) >= 11 is 0. The molecule has 1 heterocycles. The van der Waals surface area contributed by atoms with Crippen LogP contribution in [0.5, 0.6) is 5.75 Å². The Hall–Kier alpha value is -2.80. The molecule has 0 spiro atoms. The number of nitrogens with one attached hydrogen (secondary N) is 1. The predicted octanol–water partition coefficient (Wildman–Crippen LogP) is 3.04. The van der Waals surface area contributed by atoms with Crippen molar-refractivity contribution < 1.29 is 29.0 Å². The number of carboxylic acid groups (broad SMARTS) is 2. The van der Waals surface area contributed by atoms with E-state index in [9.17, 15) is 19.8 Å². The Bertz CT molecular complexity index is 765. The van der Waals surface area contributed by atoms with E-state index in [1.54, 1.807) is 19.2 Å². The summed E-state index contributed by atoms with van der Waals surface area (Å²) in [6.07, 6.45) is 0.391. The lowest BCUT2D eigenvalue weighted by Crippen LogP contribution is -2.48. The number of rotatable bonds is 10. The molecule has 146 valence electrons. The number of carboxylic acids is 2. The summed E-state index contributed by atoms with van der Waals surface area (Å²) in [7, 11) is 1.59. The van der Waals surface area contributed by atoms with Crippen molar-refractivity contribution in [2.45, 2.75) is 38.8 Å². The standard InChI is InChI=1S/C20H25NO6/c1-12(2)10-16(19(22)23)21-17(20(24)25)11-15-8-9-18(27-15)13-4-6-14(26-3)7-5-13/h4-9,12,16-17,21H,10-11H2,1-3H3,(H,22,23)(H,24,25)/t16-,17?/m0/s1. The summed E-state index contributed by atoms with van der Waals surface area (Å²) in [6.45, 7) is 3.78. The molecule has 1 unspecified atom stereocenters. The number of furan rings is 1. The summed E-state index contributed by atoms with van der Waals surface area (Å²) in [5.74, 6) is -0.257. The molecule has 0 saturated carbocycles. The third-order valence-corrected chi connectivity index (χ3v) is 4.15. The van der Waals surface area contributed by atoms with Crippen molar-refractivity contribution in [3.8, 4) is 17.1 Å². The third-order valence-electron chi connectivity index (χ3n) is 4.15. The molecule has 7 heteroatoms. The van der Waals surface area contributed by atoms with Gasteiger partial charge in [-0.3, -0.25) is 14.9 Å². The van der Waals surface area contributed by atoms with Crippen molar-refractivity contribution in [1.82, 2.24) is 5.32 Å². The highest BCUT2D eigenvalue weighted by atomic mass is 16.5. The Labute approximate surface area is 158 Å². The number of hydrogen-bond acceptors (Lipinski definition) is 5. The van der Waals surface area contributed by atoms with E-state index in [1.807, 2.05) is 38.1 Å². The molecule has 0 aliphatic carbocycles. The first-order chi connectivity index (χ1) is 12.8. The second-order valence-corrected chi connectivity index (χ2v) is 6.78. The average Bonchev–Trinajstić information content (AvgIpc) is 3.08. The van der Waals surface area contributed by atoms with Crippen LogP contribution in [0.2, 0.25) is 0 Å². The molecule has 3 N–H and O–H groups in total. The molecule has 0 saturated heterocycles. The first-order valence-corrected chi connectivity index (χ1v) is 8.75. The Morgan fingerprint density at radius 3 is 2.19 bits per heavy atom. The van der Waals surface area contributed by atoms with E-state index < -0.39 is 24.0 Å². The van der Waals surface area contributed by atoms with Crippen LogP contribution in [0.1, 0.15) is 26.0 Å². The first-order valence-electron chi connectivity index (χ1n) is 8.75. The molecule has 2 atom stereocenters. The minimum Gasteiger partial charge on any atom is -0.497 e. The number of carbonyl (C=O) groups is 2. The van der Waals surface area contributed by atoms with E-state index >= 15 is 0 Å². The van der Waals surface area contributed by atoms with Gasteiger partial charge in [0.25, 0.3) is 0 Å². The Morgan fingerprint density at radius 1 is 1.04 bits per heavy atom. The number of aliphatic carboxylic acids is 2. The smallest absolute Gasteiger partial charge is 0.321 e. The summed E-state index contributed by atoms with van der Waals surface area (Å²) in [6, 6.07) is 8.79. The van der Waals surface area contributed by atoms with Gasteiger partial charge in [0, 0.05) is 12.0 Å². The van der Waals surface area contributed by atoms with E-state index in [0.29, 0.717) is 17.9 Å². The van der Waals surface area contributed by atoms with Gasteiger partial charge < -0.3 is 19.4 Å². The zero-order chi connectivity index (χ0) is 20.0. The van der Waals surface area contributed by atoms with Crippen molar-refractivity contribution >= 4 is 11.9 Å². The second-order valence-electron chi connectivity index (χ2n) is 6.78. The van der Waals surface area contributed by atoms with E-state index in [0.717, 1.165) is 11.3 Å². The highest BCUT2D eigenvalue weighted by Gasteiger charge is 2.27. The fourth-order valence-corrected chi connectivity index (χ4v) is 2.77. The first kappa shape index (κ1) is 20.5. The van der Waals surface area contributed by atoms with Gasteiger partial charge in [-0.2, -0.15) is 0 Å². The molecule has 0 radical (unpaired) electrons. The van der Waals surface area contributed by atoms with Crippen molar-refractivity contribution in [2.24, 2.45) is 5.92 Å². The fraction of sp³-hybridized carbons (Fsp3) is 0.400. The maximum Gasteiger partial charge on any atom is 0.321 e.